The third kappa shape index (κ3) is 4.10. The van der Waals surface area contributed by atoms with Crippen molar-refractivity contribution in [2.24, 2.45) is 0 Å². The minimum Gasteiger partial charge on any atom is -0.398 e. The van der Waals surface area contributed by atoms with Crippen molar-refractivity contribution in [3.63, 3.8) is 0 Å². The van der Waals surface area contributed by atoms with Gasteiger partial charge in [0.1, 0.15) is 5.82 Å². The maximum atomic E-state index is 6.47. The molecule has 0 saturated heterocycles. The molecule has 1 aliphatic carbocycles. The topological polar surface area (TPSA) is 63.8 Å². The second kappa shape index (κ2) is 8.73. The molecule has 1 heterocycles. The highest BCUT2D eigenvalue weighted by Crippen LogP contribution is 2.34. The van der Waals surface area contributed by atoms with Crippen LogP contribution in [0.4, 0.5) is 11.5 Å². The standard InChI is InChI=1S/C23H34N4/c1-5-17(6-2)25-23-21(8-4)26-22(20(7-3)27-23)18-13-15-11-9-10-12-16(15)14-19(18)24/h13-14,17H,5-12,24H2,1-4H3,(H,25,27). The summed E-state index contributed by atoms with van der Waals surface area (Å²) in [5.74, 6) is 0.948. The van der Waals surface area contributed by atoms with Gasteiger partial charge in [-0.15, -0.1) is 0 Å². The number of hydrogen-bond donors (Lipinski definition) is 2. The SMILES string of the molecule is CCc1nc(-c2cc3c(cc2N)CCCC3)c(CC)nc1NC(CC)CC. The molecule has 0 radical (unpaired) electrons. The fourth-order valence-corrected chi connectivity index (χ4v) is 4.03. The first-order valence-electron chi connectivity index (χ1n) is 10.7. The van der Waals surface area contributed by atoms with E-state index in [1.807, 2.05) is 0 Å². The van der Waals surface area contributed by atoms with Gasteiger partial charge in [-0.25, -0.2) is 9.97 Å². The highest BCUT2D eigenvalue weighted by atomic mass is 15.1. The quantitative estimate of drug-likeness (QED) is 0.650. The summed E-state index contributed by atoms with van der Waals surface area (Å²) in [6.45, 7) is 8.72. The first-order valence-corrected chi connectivity index (χ1v) is 10.7. The zero-order valence-corrected chi connectivity index (χ0v) is 17.4. The summed E-state index contributed by atoms with van der Waals surface area (Å²) in [7, 11) is 0. The highest BCUT2D eigenvalue weighted by molar-refractivity contribution is 5.77. The Morgan fingerprint density at radius 3 is 2.15 bits per heavy atom. The number of fused-ring (bicyclic) bond motifs is 1. The summed E-state index contributed by atoms with van der Waals surface area (Å²) in [6.07, 6.45) is 8.70. The average Bonchev–Trinajstić information content (AvgIpc) is 2.71. The van der Waals surface area contributed by atoms with Gasteiger partial charge in [-0.1, -0.05) is 27.7 Å². The third-order valence-corrected chi connectivity index (χ3v) is 5.81. The van der Waals surface area contributed by atoms with E-state index < -0.39 is 0 Å². The van der Waals surface area contributed by atoms with Gasteiger partial charge in [0.05, 0.1) is 17.1 Å². The van der Waals surface area contributed by atoms with Crippen molar-refractivity contribution >= 4 is 11.5 Å². The van der Waals surface area contributed by atoms with Crippen molar-refractivity contribution < 1.29 is 0 Å². The van der Waals surface area contributed by atoms with Crippen LogP contribution < -0.4 is 11.1 Å². The molecule has 3 rings (SSSR count). The smallest absolute Gasteiger partial charge is 0.148 e. The lowest BCUT2D eigenvalue weighted by atomic mass is 9.88. The molecule has 0 saturated carbocycles. The molecule has 0 aliphatic heterocycles. The summed E-state index contributed by atoms with van der Waals surface area (Å²) >= 11 is 0. The van der Waals surface area contributed by atoms with Crippen LogP contribution >= 0.6 is 0 Å². The Hall–Kier alpha value is -2.10. The number of aryl methyl sites for hydroxylation is 4. The maximum absolute atomic E-state index is 6.47. The molecule has 3 N–H and O–H groups in total. The van der Waals surface area contributed by atoms with E-state index in [4.69, 9.17) is 15.7 Å². The number of hydrogen-bond acceptors (Lipinski definition) is 4. The van der Waals surface area contributed by atoms with Crippen LogP contribution in [0.2, 0.25) is 0 Å². The molecule has 4 nitrogen and oxygen atoms in total. The molecule has 0 spiro atoms. The largest absolute Gasteiger partial charge is 0.398 e. The van der Waals surface area contributed by atoms with Crippen LogP contribution in [0.25, 0.3) is 11.3 Å². The molecule has 146 valence electrons. The molecule has 0 unspecified atom stereocenters. The summed E-state index contributed by atoms with van der Waals surface area (Å²) in [4.78, 5) is 10.1. The van der Waals surface area contributed by atoms with Crippen LogP contribution in [0.1, 0.15) is 75.9 Å². The van der Waals surface area contributed by atoms with Crippen molar-refractivity contribution in [3.05, 3.63) is 34.6 Å². The number of nitrogens with two attached hydrogens (primary N) is 1. The predicted octanol–water partition coefficient (Wildman–Crippen LogP) is 5.33. The Bertz CT molecular complexity index is 793. The lowest BCUT2D eigenvalue weighted by Gasteiger charge is -2.21. The summed E-state index contributed by atoms with van der Waals surface area (Å²) in [6, 6.07) is 4.89. The van der Waals surface area contributed by atoms with E-state index >= 15 is 0 Å². The number of rotatable bonds is 7. The zero-order chi connectivity index (χ0) is 19.4. The predicted molar refractivity (Wildman–Crippen MR) is 115 cm³/mol. The Labute approximate surface area is 164 Å². The molecular formula is C23H34N4. The van der Waals surface area contributed by atoms with E-state index in [0.29, 0.717) is 6.04 Å². The Balaban J connectivity index is 2.08. The summed E-state index contributed by atoms with van der Waals surface area (Å²) < 4.78 is 0. The lowest BCUT2D eigenvalue weighted by molar-refractivity contribution is 0.665. The van der Waals surface area contributed by atoms with E-state index in [9.17, 15) is 0 Å². The van der Waals surface area contributed by atoms with Gasteiger partial charge in [0, 0.05) is 17.3 Å². The molecule has 4 heteroatoms. The summed E-state index contributed by atoms with van der Waals surface area (Å²) in [5, 5.41) is 3.61. The molecule has 0 amide bonds. The molecule has 0 atom stereocenters. The van der Waals surface area contributed by atoms with Crippen molar-refractivity contribution in [1.29, 1.82) is 0 Å². The average molecular weight is 367 g/mol. The van der Waals surface area contributed by atoms with Gasteiger partial charge in [0.2, 0.25) is 0 Å². The monoisotopic (exact) mass is 366 g/mol. The van der Waals surface area contributed by atoms with E-state index in [1.165, 1.54) is 24.0 Å². The first kappa shape index (κ1) is 19.7. The normalized spacial score (nSPS) is 13.7. The van der Waals surface area contributed by atoms with Gasteiger partial charge >= 0.3 is 0 Å². The molecule has 1 aromatic heterocycles. The molecule has 0 bridgehead atoms. The minimum absolute atomic E-state index is 0.439. The second-order valence-corrected chi connectivity index (χ2v) is 7.59. The molecule has 27 heavy (non-hydrogen) atoms. The van der Waals surface area contributed by atoms with Crippen LogP contribution in [0.3, 0.4) is 0 Å². The number of aromatic nitrogens is 2. The van der Waals surface area contributed by atoms with Gasteiger partial charge in [-0.2, -0.15) is 0 Å². The van der Waals surface area contributed by atoms with E-state index in [0.717, 1.165) is 72.7 Å². The van der Waals surface area contributed by atoms with Crippen LogP contribution in [-0.4, -0.2) is 16.0 Å². The first-order chi connectivity index (χ1) is 13.1. The van der Waals surface area contributed by atoms with Gasteiger partial charge in [-0.3, -0.25) is 0 Å². The van der Waals surface area contributed by atoms with Gasteiger partial charge < -0.3 is 11.1 Å². The Kier molecular flexibility index (Phi) is 6.35. The number of benzene rings is 1. The van der Waals surface area contributed by atoms with Crippen LogP contribution in [0.5, 0.6) is 0 Å². The van der Waals surface area contributed by atoms with Crippen LogP contribution in [0, 0.1) is 0 Å². The van der Waals surface area contributed by atoms with Crippen LogP contribution in [-0.2, 0) is 25.7 Å². The van der Waals surface area contributed by atoms with Gasteiger partial charge in [0.15, 0.2) is 0 Å². The number of nitrogens with one attached hydrogen (secondary N) is 1. The summed E-state index contributed by atoms with van der Waals surface area (Å²) in [5.41, 5.74) is 14.2. The number of nitrogens with zero attached hydrogens (tertiary/aromatic N) is 2. The maximum Gasteiger partial charge on any atom is 0.148 e. The molecule has 0 fully saturated rings. The minimum atomic E-state index is 0.439. The van der Waals surface area contributed by atoms with Gasteiger partial charge in [-0.05, 0) is 74.6 Å². The Morgan fingerprint density at radius 2 is 1.56 bits per heavy atom. The van der Waals surface area contributed by atoms with E-state index in [-0.39, 0.29) is 0 Å². The molecular weight excluding hydrogens is 332 g/mol. The van der Waals surface area contributed by atoms with E-state index in [1.54, 1.807) is 0 Å². The number of anilines is 2. The van der Waals surface area contributed by atoms with Crippen molar-refractivity contribution in [1.82, 2.24) is 9.97 Å². The van der Waals surface area contributed by atoms with Crippen molar-refractivity contribution in [3.8, 4) is 11.3 Å². The fourth-order valence-electron chi connectivity index (χ4n) is 4.03. The zero-order valence-electron chi connectivity index (χ0n) is 17.4. The van der Waals surface area contributed by atoms with Gasteiger partial charge in [0.25, 0.3) is 0 Å². The van der Waals surface area contributed by atoms with Crippen molar-refractivity contribution in [2.45, 2.75) is 85.1 Å². The molecule has 1 aromatic carbocycles. The third-order valence-electron chi connectivity index (χ3n) is 5.81. The molecule has 1 aliphatic rings. The lowest BCUT2D eigenvalue weighted by Crippen LogP contribution is -2.20. The Morgan fingerprint density at radius 1 is 0.926 bits per heavy atom. The van der Waals surface area contributed by atoms with Crippen molar-refractivity contribution in [2.75, 3.05) is 11.1 Å². The fraction of sp³-hybridized carbons (Fsp3) is 0.565. The van der Waals surface area contributed by atoms with Crippen LogP contribution in [0.15, 0.2) is 12.1 Å². The number of nitrogen functional groups attached to an aromatic ring is 1. The van der Waals surface area contributed by atoms with E-state index in [2.05, 4.69) is 45.1 Å². The second-order valence-electron chi connectivity index (χ2n) is 7.59. The highest BCUT2D eigenvalue weighted by Gasteiger charge is 2.19. The molecule has 2 aromatic rings.